The maximum absolute atomic E-state index is 13.2. The molecule has 4 heterocycles. The van der Waals surface area contributed by atoms with Crippen molar-refractivity contribution >= 4 is 17.0 Å². The van der Waals surface area contributed by atoms with Crippen molar-refractivity contribution in [2.24, 2.45) is 5.92 Å². The van der Waals surface area contributed by atoms with Gasteiger partial charge in [-0.25, -0.2) is 4.98 Å². The van der Waals surface area contributed by atoms with Crippen LogP contribution >= 0.6 is 0 Å². The Morgan fingerprint density at radius 3 is 2.68 bits per heavy atom. The Morgan fingerprint density at radius 2 is 2.00 bits per heavy atom. The van der Waals surface area contributed by atoms with E-state index in [1.165, 1.54) is 0 Å². The number of piperidine rings is 3. The molecule has 1 aromatic heterocycles. The first-order valence-electron chi connectivity index (χ1n) is 9.78. The monoisotopic (exact) mass is 377 g/mol. The molecule has 144 valence electrons. The highest BCUT2D eigenvalue weighted by atomic mass is 16.5. The first-order chi connectivity index (χ1) is 13.7. The van der Waals surface area contributed by atoms with Crippen molar-refractivity contribution in [3.8, 4) is 17.2 Å². The van der Waals surface area contributed by atoms with Crippen molar-refractivity contribution in [3.63, 3.8) is 0 Å². The van der Waals surface area contributed by atoms with Gasteiger partial charge in [0, 0.05) is 24.2 Å². The second kappa shape index (κ2) is 6.95. The fraction of sp³-hybridized carbons (Fsp3) is 0.364. The van der Waals surface area contributed by atoms with E-state index in [1.54, 1.807) is 19.2 Å². The largest absolute Gasteiger partial charge is 0.497 e. The summed E-state index contributed by atoms with van der Waals surface area (Å²) in [6.07, 6.45) is 2.31. The molecule has 6 heteroatoms. The number of amides is 1. The number of carbonyl (C=O) groups excluding carboxylic acids is 1. The highest BCUT2D eigenvalue weighted by molar-refractivity contribution is 6.05. The predicted molar refractivity (Wildman–Crippen MR) is 106 cm³/mol. The number of carbonyl (C=O) groups is 1. The molecule has 6 rings (SSSR count). The van der Waals surface area contributed by atoms with Gasteiger partial charge in [0.25, 0.3) is 5.91 Å². The molecule has 6 nitrogen and oxygen atoms in total. The van der Waals surface area contributed by atoms with E-state index in [0.29, 0.717) is 34.2 Å². The topological polar surface area (TPSA) is 67.6 Å². The molecule has 1 N–H and O–H groups in total. The van der Waals surface area contributed by atoms with Gasteiger partial charge in [-0.05, 0) is 50.0 Å². The number of ether oxygens (including phenoxy) is 1. The summed E-state index contributed by atoms with van der Waals surface area (Å²) in [6.45, 7) is 3.21. The van der Waals surface area contributed by atoms with Crippen LogP contribution in [-0.2, 0) is 0 Å². The minimum atomic E-state index is -0.115. The zero-order valence-corrected chi connectivity index (χ0v) is 15.9. The average molecular weight is 377 g/mol. The Hall–Kier alpha value is -2.86. The van der Waals surface area contributed by atoms with Gasteiger partial charge < -0.3 is 19.4 Å². The lowest BCUT2D eigenvalue weighted by atomic mass is 9.84. The fourth-order valence-corrected chi connectivity index (χ4v) is 4.37. The van der Waals surface area contributed by atoms with Crippen LogP contribution in [0.15, 0.2) is 46.9 Å². The lowest BCUT2D eigenvalue weighted by molar-refractivity contribution is 0.0621. The zero-order valence-electron chi connectivity index (χ0n) is 15.9. The molecule has 0 saturated carbocycles. The van der Waals surface area contributed by atoms with Crippen LogP contribution in [0, 0.1) is 5.92 Å². The van der Waals surface area contributed by atoms with Crippen LogP contribution in [0.25, 0.3) is 22.6 Å². The first-order valence-corrected chi connectivity index (χ1v) is 9.78. The number of benzene rings is 2. The number of hydrogen-bond donors (Lipinski definition) is 1. The molecular formula is C22H23N3O3. The second-order valence-electron chi connectivity index (χ2n) is 7.62. The normalized spacial score (nSPS) is 23.7. The van der Waals surface area contributed by atoms with Gasteiger partial charge >= 0.3 is 0 Å². The summed E-state index contributed by atoms with van der Waals surface area (Å²) in [4.78, 5) is 20.2. The summed E-state index contributed by atoms with van der Waals surface area (Å²) in [5.41, 5.74) is 2.49. The molecule has 28 heavy (non-hydrogen) atoms. The van der Waals surface area contributed by atoms with E-state index in [1.807, 2.05) is 30.3 Å². The third kappa shape index (κ3) is 3.03. The molecule has 0 unspecified atom stereocenters. The Morgan fingerprint density at radius 1 is 1.21 bits per heavy atom. The van der Waals surface area contributed by atoms with Gasteiger partial charge in [-0.3, -0.25) is 4.79 Å². The van der Waals surface area contributed by atoms with Crippen LogP contribution in [0.1, 0.15) is 23.2 Å². The maximum atomic E-state index is 13.2. The van der Waals surface area contributed by atoms with Gasteiger partial charge in [0.1, 0.15) is 11.3 Å². The van der Waals surface area contributed by atoms with Gasteiger partial charge in [-0.2, -0.15) is 0 Å². The number of nitrogens with zero attached hydrogens (tertiary/aromatic N) is 2. The van der Waals surface area contributed by atoms with Crippen molar-refractivity contribution < 1.29 is 13.9 Å². The molecular weight excluding hydrogens is 354 g/mol. The van der Waals surface area contributed by atoms with E-state index in [-0.39, 0.29) is 11.9 Å². The van der Waals surface area contributed by atoms with E-state index >= 15 is 0 Å². The van der Waals surface area contributed by atoms with Crippen LogP contribution in [0.2, 0.25) is 0 Å². The first kappa shape index (κ1) is 17.3. The molecule has 1 atom stereocenters. The van der Waals surface area contributed by atoms with Crippen LogP contribution in [0.5, 0.6) is 5.75 Å². The molecule has 2 bridgehead atoms. The number of aromatic nitrogens is 1. The second-order valence-corrected chi connectivity index (χ2v) is 7.62. The summed E-state index contributed by atoms with van der Waals surface area (Å²) < 4.78 is 11.3. The summed E-state index contributed by atoms with van der Waals surface area (Å²) in [5, 5.41) is 3.24. The Bertz CT molecular complexity index is 1010. The van der Waals surface area contributed by atoms with Crippen molar-refractivity contribution in [2.75, 3.05) is 26.7 Å². The third-order valence-electron chi connectivity index (χ3n) is 5.94. The minimum absolute atomic E-state index is 0.115. The Kier molecular flexibility index (Phi) is 4.28. The molecule has 1 amide bonds. The maximum Gasteiger partial charge on any atom is 0.254 e. The van der Waals surface area contributed by atoms with E-state index in [2.05, 4.69) is 15.2 Å². The quantitative estimate of drug-likeness (QED) is 0.755. The molecule has 3 aliphatic heterocycles. The smallest absolute Gasteiger partial charge is 0.254 e. The lowest BCUT2D eigenvalue weighted by Crippen LogP contribution is -2.57. The standard InChI is InChI=1S/C22H23N3O3/c1-27-16-11-17(21(26)23-18-13-25-9-7-14(18)8-10-25)20-19(12-16)28-22(24-20)15-5-3-2-4-6-15/h2-6,11-12,14,18H,7-10,13H2,1H3,(H,23,26)/t18-/m1/s1. The van der Waals surface area contributed by atoms with Gasteiger partial charge in [0.15, 0.2) is 5.58 Å². The molecule has 3 fully saturated rings. The SMILES string of the molecule is COc1cc(C(=O)N[C@@H]2CN3CCC2CC3)c2nc(-c3ccccc3)oc2c1. The fourth-order valence-electron chi connectivity index (χ4n) is 4.37. The Labute approximate surface area is 163 Å². The number of rotatable bonds is 4. The highest BCUT2D eigenvalue weighted by Gasteiger charge is 2.35. The van der Waals surface area contributed by atoms with Crippen LogP contribution in [0.3, 0.4) is 0 Å². The van der Waals surface area contributed by atoms with E-state index < -0.39 is 0 Å². The number of fused-ring (bicyclic) bond motifs is 4. The number of oxazole rings is 1. The number of methoxy groups -OCH3 is 1. The van der Waals surface area contributed by atoms with Gasteiger partial charge in [-0.15, -0.1) is 0 Å². The molecule has 0 aliphatic carbocycles. The highest BCUT2D eigenvalue weighted by Crippen LogP contribution is 2.31. The van der Waals surface area contributed by atoms with E-state index in [4.69, 9.17) is 9.15 Å². The lowest BCUT2D eigenvalue weighted by Gasteiger charge is -2.44. The van der Waals surface area contributed by atoms with E-state index in [0.717, 1.165) is 38.0 Å². The molecule has 3 aromatic rings. The van der Waals surface area contributed by atoms with Crippen LogP contribution < -0.4 is 10.1 Å². The van der Waals surface area contributed by atoms with Gasteiger partial charge in [0.2, 0.25) is 5.89 Å². The van der Waals surface area contributed by atoms with Gasteiger partial charge in [0.05, 0.1) is 12.7 Å². The molecule has 3 aliphatic rings. The van der Waals surface area contributed by atoms with Crippen molar-refractivity contribution in [1.29, 1.82) is 0 Å². The summed E-state index contributed by atoms with van der Waals surface area (Å²) >= 11 is 0. The van der Waals surface area contributed by atoms with Crippen LogP contribution in [0.4, 0.5) is 0 Å². The molecule has 2 aromatic carbocycles. The van der Waals surface area contributed by atoms with E-state index in [9.17, 15) is 4.79 Å². The zero-order chi connectivity index (χ0) is 19.1. The van der Waals surface area contributed by atoms with Gasteiger partial charge in [-0.1, -0.05) is 18.2 Å². The molecule has 0 spiro atoms. The third-order valence-corrected chi connectivity index (χ3v) is 5.94. The van der Waals surface area contributed by atoms with Crippen molar-refractivity contribution in [3.05, 3.63) is 48.0 Å². The van der Waals surface area contributed by atoms with Crippen molar-refractivity contribution in [1.82, 2.24) is 15.2 Å². The van der Waals surface area contributed by atoms with Crippen molar-refractivity contribution in [2.45, 2.75) is 18.9 Å². The summed E-state index contributed by atoms with van der Waals surface area (Å²) in [7, 11) is 1.59. The molecule has 0 radical (unpaired) electrons. The average Bonchev–Trinajstić information content (AvgIpc) is 3.18. The number of nitrogens with one attached hydrogen (secondary N) is 1. The predicted octanol–water partition coefficient (Wildman–Crippen LogP) is 3.33. The number of hydrogen-bond acceptors (Lipinski definition) is 5. The van der Waals surface area contributed by atoms with Crippen LogP contribution in [-0.4, -0.2) is 48.6 Å². The minimum Gasteiger partial charge on any atom is -0.497 e. The Balaban J connectivity index is 1.50. The summed E-state index contributed by atoms with van der Waals surface area (Å²) in [5.74, 6) is 1.53. The summed E-state index contributed by atoms with van der Waals surface area (Å²) in [6, 6.07) is 13.4. The molecule has 3 saturated heterocycles.